The number of ketones is 1. The number of hydrogen-bond donors (Lipinski definition) is 1. The molecule has 14 heteroatoms. The van der Waals surface area contributed by atoms with E-state index in [1.807, 2.05) is 13.8 Å². The molecule has 2 rings (SSSR count). The second kappa shape index (κ2) is 15.6. The lowest BCUT2D eigenvalue weighted by atomic mass is 10.0. The molecule has 1 aromatic carbocycles. The van der Waals surface area contributed by atoms with Crippen molar-refractivity contribution in [1.29, 1.82) is 0 Å². The van der Waals surface area contributed by atoms with E-state index in [-0.39, 0.29) is 48.2 Å². The van der Waals surface area contributed by atoms with Gasteiger partial charge in [-0.05, 0) is 26.8 Å². The first-order valence-electron chi connectivity index (χ1n) is 12.8. The molecule has 0 fully saturated rings. The van der Waals surface area contributed by atoms with Crippen LogP contribution in [0.25, 0.3) is 0 Å². The number of aromatic nitrogens is 3. The van der Waals surface area contributed by atoms with Crippen LogP contribution in [0.4, 0.5) is 10.5 Å². The lowest BCUT2D eigenvalue weighted by Crippen LogP contribution is -2.32. The number of hydrogen-bond acceptors (Lipinski definition) is 13. The molecule has 0 aliphatic carbocycles. The third-order valence-electron chi connectivity index (χ3n) is 5.41. The van der Waals surface area contributed by atoms with Gasteiger partial charge in [0.1, 0.15) is 0 Å². The van der Waals surface area contributed by atoms with Crippen LogP contribution >= 0.6 is 0 Å². The number of anilines is 1. The molecule has 2 aromatic rings. The molecule has 0 aliphatic rings. The van der Waals surface area contributed by atoms with E-state index < -0.39 is 36.2 Å². The molecule has 40 heavy (non-hydrogen) atoms. The molecular weight excluding hydrogens is 528 g/mol. The van der Waals surface area contributed by atoms with Crippen molar-refractivity contribution in [2.45, 2.75) is 47.0 Å². The third-order valence-corrected chi connectivity index (χ3v) is 5.41. The Kier molecular flexibility index (Phi) is 12.6. The second-order valence-electron chi connectivity index (χ2n) is 8.62. The van der Waals surface area contributed by atoms with Gasteiger partial charge in [-0.2, -0.15) is 0 Å². The Labute approximate surface area is 232 Å². The van der Waals surface area contributed by atoms with Crippen LogP contribution in [0.3, 0.4) is 0 Å². The summed E-state index contributed by atoms with van der Waals surface area (Å²) in [5.74, 6) is -1.48. The van der Waals surface area contributed by atoms with Gasteiger partial charge in [0.25, 0.3) is 0 Å². The smallest absolute Gasteiger partial charge is 0.493 e. The van der Waals surface area contributed by atoms with E-state index in [4.69, 9.17) is 38.9 Å². The fourth-order valence-electron chi connectivity index (χ4n) is 3.47. The SMILES string of the molecule is CCOCC(COCC)OC(=O)OC(C(C)C)n1nc(C(=O)OCC)c(C(=O)c2cc(OC)c(OC)cc2N)n1. The number of esters is 1. The number of nitrogens with zero attached hydrogens (tertiary/aromatic N) is 3. The Morgan fingerprint density at radius 1 is 0.875 bits per heavy atom. The zero-order chi connectivity index (χ0) is 29.8. The number of nitrogens with two attached hydrogens (primary N) is 1. The van der Waals surface area contributed by atoms with Crippen molar-refractivity contribution in [3.8, 4) is 11.5 Å². The number of methoxy groups -OCH3 is 2. The molecule has 1 aromatic heterocycles. The summed E-state index contributed by atoms with van der Waals surface area (Å²) >= 11 is 0. The second-order valence-corrected chi connectivity index (χ2v) is 8.62. The highest BCUT2D eigenvalue weighted by atomic mass is 16.7. The minimum Gasteiger partial charge on any atom is -0.493 e. The first kappa shape index (κ1) is 32.3. The molecular formula is C26H38N4O10. The molecule has 0 amide bonds. The van der Waals surface area contributed by atoms with Crippen molar-refractivity contribution in [3.05, 3.63) is 29.1 Å². The number of carbonyl (C=O) groups excluding carboxylic acids is 3. The fraction of sp³-hybridized carbons (Fsp3) is 0.577. The standard InChI is InChI=1S/C26H38N4O10/c1-8-36-13-16(14-37-9-2)39-26(33)40-24(15(4)5)30-28-21(22(29-30)25(32)38-10-3)23(31)17-11-19(34-6)20(35-7)12-18(17)27/h11-12,15-16,24H,8-10,13-14,27H2,1-7H3. The van der Waals surface area contributed by atoms with Crippen molar-refractivity contribution in [2.24, 2.45) is 5.92 Å². The predicted molar refractivity (Wildman–Crippen MR) is 142 cm³/mol. The van der Waals surface area contributed by atoms with E-state index >= 15 is 0 Å². The van der Waals surface area contributed by atoms with Gasteiger partial charge >= 0.3 is 12.1 Å². The average molecular weight is 567 g/mol. The summed E-state index contributed by atoms with van der Waals surface area (Å²) in [6.07, 6.45) is -2.90. The minimum absolute atomic E-state index is 0.00800. The summed E-state index contributed by atoms with van der Waals surface area (Å²) in [7, 11) is 2.83. The Hall–Kier alpha value is -3.91. The average Bonchev–Trinajstić information content (AvgIpc) is 3.37. The van der Waals surface area contributed by atoms with Gasteiger partial charge in [0.05, 0.1) is 39.6 Å². The van der Waals surface area contributed by atoms with Gasteiger partial charge in [0.15, 0.2) is 23.3 Å². The van der Waals surface area contributed by atoms with Crippen LogP contribution < -0.4 is 15.2 Å². The number of rotatable bonds is 16. The van der Waals surface area contributed by atoms with Gasteiger partial charge in [0.2, 0.25) is 17.7 Å². The zero-order valence-electron chi connectivity index (χ0n) is 23.9. The Balaban J connectivity index is 2.45. The summed E-state index contributed by atoms with van der Waals surface area (Å²) in [5.41, 5.74) is 5.42. The van der Waals surface area contributed by atoms with Crippen LogP contribution in [0.2, 0.25) is 0 Å². The molecule has 222 valence electrons. The van der Waals surface area contributed by atoms with E-state index in [0.717, 1.165) is 4.80 Å². The molecule has 0 aliphatic heterocycles. The fourth-order valence-corrected chi connectivity index (χ4v) is 3.47. The van der Waals surface area contributed by atoms with Crippen molar-refractivity contribution < 1.29 is 47.5 Å². The lowest BCUT2D eigenvalue weighted by molar-refractivity contribution is -0.0812. The van der Waals surface area contributed by atoms with E-state index in [2.05, 4.69) is 10.2 Å². The van der Waals surface area contributed by atoms with Crippen LogP contribution in [-0.4, -0.2) is 86.3 Å². The highest BCUT2D eigenvalue weighted by Gasteiger charge is 2.33. The van der Waals surface area contributed by atoms with Gasteiger partial charge in [-0.1, -0.05) is 13.8 Å². The summed E-state index contributed by atoms with van der Waals surface area (Å²) in [5, 5.41) is 8.39. The quantitative estimate of drug-likeness (QED) is 0.179. The van der Waals surface area contributed by atoms with Crippen molar-refractivity contribution in [1.82, 2.24) is 15.0 Å². The zero-order valence-corrected chi connectivity index (χ0v) is 23.9. The highest BCUT2D eigenvalue weighted by molar-refractivity contribution is 6.15. The highest BCUT2D eigenvalue weighted by Crippen LogP contribution is 2.33. The van der Waals surface area contributed by atoms with Crippen LogP contribution in [0.15, 0.2) is 12.1 Å². The van der Waals surface area contributed by atoms with Gasteiger partial charge < -0.3 is 38.9 Å². The van der Waals surface area contributed by atoms with Crippen LogP contribution in [0, 0.1) is 5.92 Å². The largest absolute Gasteiger partial charge is 0.510 e. The summed E-state index contributed by atoms with van der Waals surface area (Å²) in [4.78, 5) is 40.0. The molecule has 0 radical (unpaired) electrons. The molecule has 0 saturated carbocycles. The number of ether oxygens (including phenoxy) is 7. The molecule has 1 unspecified atom stereocenters. The molecule has 0 spiro atoms. The molecule has 0 saturated heterocycles. The van der Waals surface area contributed by atoms with Gasteiger partial charge in [-0.25, -0.2) is 9.59 Å². The summed E-state index contributed by atoms with van der Waals surface area (Å²) in [6, 6.07) is 2.78. The Bertz CT molecular complexity index is 1140. The van der Waals surface area contributed by atoms with Gasteiger partial charge in [0, 0.05) is 30.9 Å². The first-order chi connectivity index (χ1) is 19.1. The number of nitrogen functional groups attached to an aromatic ring is 1. The van der Waals surface area contributed by atoms with Crippen molar-refractivity contribution >= 4 is 23.6 Å². The van der Waals surface area contributed by atoms with Crippen molar-refractivity contribution in [2.75, 3.05) is 53.0 Å². The minimum atomic E-state index is -1.15. The summed E-state index contributed by atoms with van der Waals surface area (Å²) < 4.78 is 37.2. The maximum atomic E-state index is 13.6. The van der Waals surface area contributed by atoms with E-state index in [1.54, 1.807) is 20.8 Å². The van der Waals surface area contributed by atoms with E-state index in [1.165, 1.54) is 26.4 Å². The van der Waals surface area contributed by atoms with Gasteiger partial charge in [-0.15, -0.1) is 15.0 Å². The van der Waals surface area contributed by atoms with Gasteiger partial charge in [-0.3, -0.25) is 4.79 Å². The van der Waals surface area contributed by atoms with Crippen molar-refractivity contribution in [3.63, 3.8) is 0 Å². The normalized spacial score (nSPS) is 11.8. The van der Waals surface area contributed by atoms with E-state index in [0.29, 0.717) is 19.0 Å². The third kappa shape index (κ3) is 8.29. The Morgan fingerprint density at radius 2 is 1.45 bits per heavy atom. The maximum Gasteiger partial charge on any atom is 0.510 e. The number of carbonyl (C=O) groups is 3. The monoisotopic (exact) mass is 566 g/mol. The Morgan fingerprint density at radius 3 is 1.98 bits per heavy atom. The molecule has 1 heterocycles. The van der Waals surface area contributed by atoms with E-state index in [9.17, 15) is 14.4 Å². The topological polar surface area (TPSA) is 173 Å². The maximum absolute atomic E-state index is 13.6. The lowest BCUT2D eigenvalue weighted by Gasteiger charge is -2.22. The molecule has 0 bridgehead atoms. The molecule has 1 atom stereocenters. The number of benzene rings is 1. The van der Waals surface area contributed by atoms with Crippen LogP contribution in [0.5, 0.6) is 11.5 Å². The van der Waals surface area contributed by atoms with Crippen LogP contribution in [0.1, 0.15) is 67.4 Å². The first-order valence-corrected chi connectivity index (χ1v) is 12.8. The summed E-state index contributed by atoms with van der Waals surface area (Å²) in [6.45, 7) is 9.77. The molecule has 2 N–H and O–H groups in total. The van der Waals surface area contributed by atoms with Crippen LogP contribution in [-0.2, 0) is 23.7 Å². The molecule has 14 nitrogen and oxygen atoms in total. The predicted octanol–water partition coefficient (Wildman–Crippen LogP) is 3.03.